The van der Waals surface area contributed by atoms with E-state index in [0.717, 1.165) is 38.1 Å². The number of nitrogens with zero attached hydrogens (tertiary/aromatic N) is 4. The van der Waals surface area contributed by atoms with E-state index >= 15 is 0 Å². The summed E-state index contributed by atoms with van der Waals surface area (Å²) >= 11 is 3.62. The van der Waals surface area contributed by atoms with Crippen molar-refractivity contribution in [3.05, 3.63) is 206 Å². The van der Waals surface area contributed by atoms with Crippen molar-refractivity contribution in [3.8, 4) is 62.1 Å². The van der Waals surface area contributed by atoms with Gasteiger partial charge in [-0.15, -0.1) is 22.7 Å². The summed E-state index contributed by atoms with van der Waals surface area (Å²) in [5, 5.41) is 7.32. The lowest BCUT2D eigenvalue weighted by atomic mass is 9.97. The van der Waals surface area contributed by atoms with Gasteiger partial charge in [0.25, 0.3) is 0 Å². The summed E-state index contributed by atoms with van der Waals surface area (Å²) < 4.78 is 7.25. The molecular weight excluding hydrogens is 805 g/mol. The molecular formula is C57H34N4S2. The van der Waals surface area contributed by atoms with Gasteiger partial charge in [-0.05, 0) is 64.7 Å². The van der Waals surface area contributed by atoms with E-state index in [0.29, 0.717) is 17.5 Å². The molecule has 63 heavy (non-hydrogen) atoms. The van der Waals surface area contributed by atoms with Crippen LogP contribution in [0.1, 0.15) is 0 Å². The summed E-state index contributed by atoms with van der Waals surface area (Å²) in [5.74, 6) is 1.93. The van der Waals surface area contributed by atoms with E-state index in [-0.39, 0.29) is 0 Å². The zero-order valence-electron chi connectivity index (χ0n) is 33.7. The van der Waals surface area contributed by atoms with E-state index in [1.165, 1.54) is 68.7 Å². The Labute approximate surface area is 370 Å². The highest BCUT2D eigenvalue weighted by molar-refractivity contribution is 7.27. The van der Waals surface area contributed by atoms with Crippen molar-refractivity contribution in [3.63, 3.8) is 0 Å². The van der Waals surface area contributed by atoms with Crippen molar-refractivity contribution in [2.24, 2.45) is 0 Å². The van der Waals surface area contributed by atoms with Crippen molar-refractivity contribution in [2.75, 3.05) is 0 Å². The third-order valence-corrected chi connectivity index (χ3v) is 14.7. The van der Waals surface area contributed by atoms with Gasteiger partial charge in [-0.1, -0.05) is 164 Å². The van der Waals surface area contributed by atoms with Crippen LogP contribution < -0.4 is 0 Å². The molecule has 0 aliphatic heterocycles. The summed E-state index contributed by atoms with van der Waals surface area (Å²) in [4.78, 5) is 16.0. The largest absolute Gasteiger partial charge is 0.309 e. The Morgan fingerprint density at radius 3 is 1.65 bits per heavy atom. The first-order chi connectivity index (χ1) is 31.2. The fourth-order valence-corrected chi connectivity index (χ4v) is 11.8. The van der Waals surface area contributed by atoms with E-state index in [2.05, 4.69) is 193 Å². The number of hydrogen-bond donors (Lipinski definition) is 0. The molecule has 0 N–H and O–H groups in total. The number of aromatic nitrogens is 4. The van der Waals surface area contributed by atoms with Gasteiger partial charge in [-0.25, -0.2) is 15.0 Å². The second-order valence-corrected chi connectivity index (χ2v) is 18.1. The molecule has 0 unspecified atom stereocenters. The molecule has 0 aliphatic rings. The second-order valence-electron chi connectivity index (χ2n) is 16.0. The molecule has 0 atom stereocenters. The van der Waals surface area contributed by atoms with Crippen molar-refractivity contribution in [2.45, 2.75) is 0 Å². The van der Waals surface area contributed by atoms with E-state index in [1.54, 1.807) is 11.3 Å². The minimum absolute atomic E-state index is 0.641. The molecule has 4 nitrogen and oxygen atoms in total. The van der Waals surface area contributed by atoms with Gasteiger partial charge in [0.2, 0.25) is 0 Å². The van der Waals surface area contributed by atoms with Gasteiger partial charge >= 0.3 is 0 Å². The number of fused-ring (bicyclic) bond motifs is 9. The summed E-state index contributed by atoms with van der Waals surface area (Å²) in [6.07, 6.45) is 0. The number of hydrogen-bond acceptors (Lipinski definition) is 5. The molecule has 6 heteroatoms. The van der Waals surface area contributed by atoms with Crippen LogP contribution in [0.4, 0.5) is 0 Å². The maximum atomic E-state index is 5.43. The van der Waals surface area contributed by atoms with E-state index in [1.807, 2.05) is 29.5 Å². The minimum Gasteiger partial charge on any atom is -0.309 e. The molecule has 0 spiro atoms. The van der Waals surface area contributed by atoms with Gasteiger partial charge in [-0.3, -0.25) is 0 Å². The van der Waals surface area contributed by atoms with Crippen LogP contribution in [-0.4, -0.2) is 19.5 Å². The molecule has 294 valence electrons. The Bertz CT molecular complexity index is 3870. The van der Waals surface area contributed by atoms with Gasteiger partial charge in [0.1, 0.15) is 0 Å². The highest BCUT2D eigenvalue weighted by atomic mass is 32.1. The van der Waals surface area contributed by atoms with Crippen LogP contribution in [0.2, 0.25) is 0 Å². The molecule has 4 heterocycles. The highest BCUT2D eigenvalue weighted by Crippen LogP contribution is 2.46. The fraction of sp³-hybridized carbons (Fsp3) is 0. The molecule has 0 aliphatic carbocycles. The predicted octanol–water partition coefficient (Wildman–Crippen LogP) is 16.0. The molecule has 13 rings (SSSR count). The third-order valence-electron chi connectivity index (χ3n) is 12.2. The Morgan fingerprint density at radius 2 is 0.873 bits per heavy atom. The topological polar surface area (TPSA) is 43.6 Å². The molecule has 13 aromatic rings. The molecule has 0 saturated carbocycles. The van der Waals surface area contributed by atoms with Crippen molar-refractivity contribution >= 4 is 84.8 Å². The Kier molecular flexibility index (Phi) is 8.22. The van der Waals surface area contributed by atoms with Gasteiger partial charge in [0.15, 0.2) is 17.5 Å². The molecule has 9 aromatic carbocycles. The van der Waals surface area contributed by atoms with E-state index in [4.69, 9.17) is 15.0 Å². The molecule has 0 bridgehead atoms. The second kappa shape index (κ2) is 14.4. The van der Waals surface area contributed by atoms with Gasteiger partial charge < -0.3 is 4.57 Å². The monoisotopic (exact) mass is 838 g/mol. The number of rotatable bonds is 6. The average molecular weight is 839 g/mol. The zero-order valence-corrected chi connectivity index (χ0v) is 35.4. The van der Waals surface area contributed by atoms with Crippen LogP contribution in [0.25, 0.3) is 124 Å². The quantitative estimate of drug-likeness (QED) is 0.168. The van der Waals surface area contributed by atoms with Gasteiger partial charge in [0.05, 0.1) is 11.0 Å². The van der Waals surface area contributed by atoms with Gasteiger partial charge in [0, 0.05) is 73.5 Å². The number of benzene rings is 9. The van der Waals surface area contributed by atoms with Crippen molar-refractivity contribution < 1.29 is 0 Å². The molecule has 0 radical (unpaired) electrons. The summed E-state index contributed by atoms with van der Waals surface area (Å²) in [6, 6.07) is 73.9. The predicted molar refractivity (Wildman–Crippen MR) is 267 cm³/mol. The first-order valence-corrected chi connectivity index (χ1v) is 22.7. The summed E-state index contributed by atoms with van der Waals surface area (Å²) in [7, 11) is 0. The summed E-state index contributed by atoms with van der Waals surface area (Å²) in [5.41, 5.74) is 11.0. The molecule has 0 fully saturated rings. The average Bonchev–Trinajstić information content (AvgIpc) is 4.03. The van der Waals surface area contributed by atoms with E-state index < -0.39 is 0 Å². The van der Waals surface area contributed by atoms with Crippen molar-refractivity contribution in [1.29, 1.82) is 0 Å². The number of para-hydroxylation sites is 2. The lowest BCUT2D eigenvalue weighted by Gasteiger charge is -2.13. The standard InChI is InChI=1S/C57H34N4S2/c1-3-15-35(16-4-1)37-19-13-20-38(31-37)41-24-14-25-46-47-33-40(61-49-26-10-7-21-42(49)43-22-8-11-27-50(43)61)34-48(54(47)63-53(41)46)57-59-55(36-17-5-2-6-18-36)58-56(60-57)39-29-30-45-44-23-9-12-28-51(44)62-52(45)32-39/h1-34H. The molecule has 0 amide bonds. The first kappa shape index (κ1) is 35.9. The maximum Gasteiger partial charge on any atom is 0.165 e. The lowest BCUT2D eigenvalue weighted by molar-refractivity contribution is 1.08. The highest BCUT2D eigenvalue weighted by Gasteiger charge is 2.22. The van der Waals surface area contributed by atoms with Crippen LogP contribution in [0.15, 0.2) is 206 Å². The first-order valence-electron chi connectivity index (χ1n) is 21.1. The zero-order chi connectivity index (χ0) is 41.4. The Morgan fingerprint density at radius 1 is 0.302 bits per heavy atom. The van der Waals surface area contributed by atoms with E-state index in [9.17, 15) is 0 Å². The molecule has 0 saturated heterocycles. The van der Waals surface area contributed by atoms with Crippen LogP contribution in [0.5, 0.6) is 0 Å². The maximum absolute atomic E-state index is 5.43. The SMILES string of the molecule is c1ccc(-c2cccc(-c3cccc4c3sc3c(-c5nc(-c6ccccc6)nc(-c6ccc7c(c6)sc6ccccc67)n5)cc(-n5c6ccccc6c6ccccc65)cc34)c2)cc1. The van der Waals surface area contributed by atoms with Gasteiger partial charge in [-0.2, -0.15) is 0 Å². The molecule has 4 aromatic heterocycles. The third kappa shape index (κ3) is 5.91. The minimum atomic E-state index is 0.641. The van der Waals surface area contributed by atoms with Crippen LogP contribution in [-0.2, 0) is 0 Å². The fourth-order valence-electron chi connectivity index (χ4n) is 9.31. The van der Waals surface area contributed by atoms with Crippen LogP contribution in [0, 0.1) is 0 Å². The normalized spacial score (nSPS) is 11.8. The van der Waals surface area contributed by atoms with Crippen LogP contribution in [0.3, 0.4) is 0 Å². The summed E-state index contributed by atoms with van der Waals surface area (Å²) in [6.45, 7) is 0. The van der Waals surface area contributed by atoms with Crippen molar-refractivity contribution in [1.82, 2.24) is 19.5 Å². The smallest absolute Gasteiger partial charge is 0.165 e. The Hall–Kier alpha value is -7.77. The number of thiophene rings is 2. The lowest BCUT2D eigenvalue weighted by Crippen LogP contribution is -2.01. The van der Waals surface area contributed by atoms with Crippen LogP contribution >= 0.6 is 22.7 Å². The Balaban J connectivity index is 1.10.